The smallest absolute Gasteiger partial charge is 0.275 e. The van der Waals surface area contributed by atoms with Crippen molar-refractivity contribution in [3.8, 4) is 11.5 Å². The zero-order chi connectivity index (χ0) is 24.1. The number of hydrogen-bond donors (Lipinski definition) is 3. The molecule has 1 aliphatic heterocycles. The first-order valence-electron chi connectivity index (χ1n) is 10.4. The molecule has 9 nitrogen and oxygen atoms in total. The summed E-state index contributed by atoms with van der Waals surface area (Å²) in [5.41, 5.74) is -2.12. The molecule has 3 N–H and O–H groups in total. The Kier molecular flexibility index (Phi) is 5.83. The van der Waals surface area contributed by atoms with E-state index in [1.54, 1.807) is 11.8 Å². The molecule has 1 aromatic carbocycles. The third-order valence-corrected chi connectivity index (χ3v) is 6.80. The van der Waals surface area contributed by atoms with E-state index in [2.05, 4.69) is 5.32 Å². The summed E-state index contributed by atoms with van der Waals surface area (Å²) in [6, 6.07) is 2.84. The van der Waals surface area contributed by atoms with Gasteiger partial charge < -0.3 is 29.7 Å². The van der Waals surface area contributed by atoms with Crippen molar-refractivity contribution in [2.75, 3.05) is 20.3 Å². The minimum atomic E-state index is -0.998. The lowest BCUT2D eigenvalue weighted by atomic mass is 10.0. The first-order chi connectivity index (χ1) is 15.7. The van der Waals surface area contributed by atoms with E-state index in [0.717, 1.165) is 0 Å². The van der Waals surface area contributed by atoms with Gasteiger partial charge in [-0.15, -0.1) is 0 Å². The summed E-state index contributed by atoms with van der Waals surface area (Å²) in [4.78, 5) is 40.0. The Bertz CT molecular complexity index is 1220. The molecule has 0 bridgehead atoms. The number of ether oxygens (including phenoxy) is 1. The number of aliphatic hydroxyl groups is 1. The third kappa shape index (κ3) is 3.53. The average Bonchev–Trinajstić information content (AvgIpc) is 3.49. The van der Waals surface area contributed by atoms with Gasteiger partial charge in [0.2, 0.25) is 5.43 Å². The first kappa shape index (κ1) is 23.1. The summed E-state index contributed by atoms with van der Waals surface area (Å²) in [5.74, 6) is -2.94. The summed E-state index contributed by atoms with van der Waals surface area (Å²) >= 11 is 5.90. The van der Waals surface area contributed by atoms with Crippen molar-refractivity contribution < 1.29 is 28.9 Å². The minimum Gasteiger partial charge on any atom is -0.503 e. The Labute approximate surface area is 193 Å². The van der Waals surface area contributed by atoms with Gasteiger partial charge in [0.15, 0.2) is 17.3 Å². The number of methoxy groups -OCH3 is 1. The topological polar surface area (TPSA) is 121 Å². The molecule has 2 amide bonds. The second-order valence-corrected chi connectivity index (χ2v) is 8.55. The minimum absolute atomic E-state index is 0.0768. The highest BCUT2D eigenvalue weighted by Crippen LogP contribution is 2.52. The molecule has 1 spiro atoms. The van der Waals surface area contributed by atoms with Crippen LogP contribution in [0.2, 0.25) is 5.02 Å². The zero-order valence-electron chi connectivity index (χ0n) is 18.0. The van der Waals surface area contributed by atoms with Crippen LogP contribution < -0.4 is 15.5 Å². The molecule has 0 radical (unpaired) electrons. The van der Waals surface area contributed by atoms with Gasteiger partial charge in [-0.25, -0.2) is 4.39 Å². The molecule has 2 heterocycles. The molecule has 2 aliphatic rings. The quantitative estimate of drug-likeness (QED) is 0.577. The van der Waals surface area contributed by atoms with Crippen molar-refractivity contribution in [1.82, 2.24) is 14.8 Å². The summed E-state index contributed by atoms with van der Waals surface area (Å²) < 4.78 is 20.7. The van der Waals surface area contributed by atoms with Gasteiger partial charge in [-0.05, 0) is 19.4 Å². The fourth-order valence-electron chi connectivity index (χ4n) is 4.59. The van der Waals surface area contributed by atoms with Gasteiger partial charge in [-0.3, -0.25) is 14.4 Å². The molecule has 2 aromatic rings. The van der Waals surface area contributed by atoms with E-state index < -0.39 is 34.3 Å². The lowest BCUT2D eigenvalue weighted by Crippen LogP contribution is -2.52. The Morgan fingerprint density at radius 3 is 2.73 bits per heavy atom. The van der Waals surface area contributed by atoms with E-state index in [1.165, 1.54) is 30.0 Å². The van der Waals surface area contributed by atoms with E-state index >= 15 is 0 Å². The van der Waals surface area contributed by atoms with Crippen LogP contribution in [0.25, 0.3) is 0 Å². The van der Waals surface area contributed by atoms with Crippen LogP contribution in [0.4, 0.5) is 4.39 Å². The fourth-order valence-corrected chi connectivity index (χ4v) is 4.85. The van der Waals surface area contributed by atoms with Crippen molar-refractivity contribution in [2.45, 2.75) is 32.0 Å². The Morgan fingerprint density at radius 2 is 2.12 bits per heavy atom. The van der Waals surface area contributed by atoms with Crippen molar-refractivity contribution in [3.05, 3.63) is 56.2 Å². The van der Waals surface area contributed by atoms with Crippen LogP contribution in [0.5, 0.6) is 11.5 Å². The number of amides is 2. The van der Waals surface area contributed by atoms with Crippen molar-refractivity contribution in [3.63, 3.8) is 0 Å². The Morgan fingerprint density at radius 1 is 1.39 bits per heavy atom. The summed E-state index contributed by atoms with van der Waals surface area (Å²) in [6.07, 6.45) is 1.80. The largest absolute Gasteiger partial charge is 0.503 e. The molecular weight excluding hydrogens is 457 g/mol. The van der Waals surface area contributed by atoms with Crippen LogP contribution in [0.1, 0.15) is 39.8 Å². The number of aromatic hydroxyl groups is 1. The summed E-state index contributed by atoms with van der Waals surface area (Å²) in [7, 11) is 1.34. The zero-order valence-corrected chi connectivity index (χ0v) is 18.8. The van der Waals surface area contributed by atoms with Crippen LogP contribution in [0, 0.1) is 11.7 Å². The van der Waals surface area contributed by atoms with Crippen LogP contribution >= 0.6 is 11.6 Å². The van der Waals surface area contributed by atoms with Crippen molar-refractivity contribution in [1.29, 1.82) is 0 Å². The molecule has 1 aromatic heterocycles. The first-order valence-corrected chi connectivity index (χ1v) is 10.8. The normalized spacial score (nSPS) is 21.2. The number of nitrogens with zero attached hydrogens (tertiary/aromatic N) is 2. The number of carbonyl (C=O) groups excluding carboxylic acids is 2. The molecule has 2 unspecified atom stereocenters. The molecule has 1 aliphatic carbocycles. The number of aliphatic hydroxyl groups excluding tert-OH is 1. The van der Waals surface area contributed by atoms with Crippen LogP contribution in [0.3, 0.4) is 0 Å². The number of carbonyl (C=O) groups is 2. The standard InChI is InChI=1S/C22H23ClFN3O6/c1-3-27-21(32)17-19(30)18(29)13(8-26(17)10-22(27)6-12(22)9-28)20(31)25-7-11-4-5-14(33-2)15(23)16(11)24/h4-5,8,12,28,30H,3,6-7,9-10H2,1-2H3,(H,25,31). The molecule has 4 rings (SSSR count). The Balaban J connectivity index is 1.64. The number of nitrogens with one attached hydrogen (secondary N) is 1. The number of rotatable bonds is 6. The lowest BCUT2D eigenvalue weighted by Gasteiger charge is -2.38. The number of benzene rings is 1. The van der Waals surface area contributed by atoms with Crippen molar-refractivity contribution >= 4 is 23.4 Å². The number of aromatic nitrogens is 1. The second-order valence-electron chi connectivity index (χ2n) is 8.17. The van der Waals surface area contributed by atoms with Crippen molar-refractivity contribution in [2.24, 2.45) is 5.92 Å². The molecular formula is C22H23ClFN3O6. The van der Waals surface area contributed by atoms with E-state index in [4.69, 9.17) is 16.3 Å². The van der Waals surface area contributed by atoms with Crippen LogP contribution in [0.15, 0.2) is 23.1 Å². The fraction of sp³-hybridized carbons (Fsp3) is 0.409. The van der Waals surface area contributed by atoms with E-state index in [0.29, 0.717) is 13.0 Å². The predicted octanol–water partition coefficient (Wildman–Crippen LogP) is 1.51. The highest BCUT2D eigenvalue weighted by atomic mass is 35.5. The highest BCUT2D eigenvalue weighted by Gasteiger charge is 2.61. The predicted molar refractivity (Wildman–Crippen MR) is 116 cm³/mol. The van der Waals surface area contributed by atoms with Crippen LogP contribution in [-0.4, -0.2) is 57.3 Å². The van der Waals surface area contributed by atoms with Gasteiger partial charge in [-0.1, -0.05) is 17.7 Å². The number of likely N-dealkylation sites (N-methyl/N-ethyl adjacent to an activating group) is 1. The summed E-state index contributed by atoms with van der Waals surface area (Å²) in [5, 5.41) is 22.3. The van der Waals surface area contributed by atoms with Gasteiger partial charge in [-0.2, -0.15) is 0 Å². The van der Waals surface area contributed by atoms with E-state index in [-0.39, 0.29) is 53.2 Å². The van der Waals surface area contributed by atoms with Gasteiger partial charge in [0, 0.05) is 43.9 Å². The second kappa shape index (κ2) is 8.35. The average molecular weight is 480 g/mol. The number of fused-ring (bicyclic) bond motifs is 1. The lowest BCUT2D eigenvalue weighted by molar-refractivity contribution is 0.0508. The SMILES string of the molecule is CCN1C(=O)c2c(O)c(=O)c(C(=O)NCc3ccc(OC)c(Cl)c3F)cn2CC12CC2CO. The Hall–Kier alpha value is -3.11. The maximum atomic E-state index is 14.4. The molecule has 1 fully saturated rings. The van der Waals surface area contributed by atoms with Crippen LogP contribution in [-0.2, 0) is 13.1 Å². The third-order valence-electron chi connectivity index (χ3n) is 6.45. The van der Waals surface area contributed by atoms with Gasteiger partial charge in [0.25, 0.3) is 11.8 Å². The maximum Gasteiger partial charge on any atom is 0.275 e. The monoisotopic (exact) mass is 479 g/mol. The molecule has 33 heavy (non-hydrogen) atoms. The molecule has 2 atom stereocenters. The summed E-state index contributed by atoms with van der Waals surface area (Å²) in [6.45, 7) is 1.98. The van der Waals surface area contributed by atoms with E-state index in [1.807, 2.05) is 0 Å². The molecule has 11 heteroatoms. The van der Waals surface area contributed by atoms with Gasteiger partial charge in [0.1, 0.15) is 16.3 Å². The molecule has 0 saturated heterocycles. The van der Waals surface area contributed by atoms with Gasteiger partial charge in [0.05, 0.1) is 12.6 Å². The number of halogens is 2. The highest BCUT2D eigenvalue weighted by molar-refractivity contribution is 6.32. The number of pyridine rings is 1. The van der Waals surface area contributed by atoms with E-state index in [9.17, 15) is 29.0 Å². The molecule has 1 saturated carbocycles. The molecule has 176 valence electrons. The maximum absolute atomic E-state index is 14.4. The van der Waals surface area contributed by atoms with Gasteiger partial charge >= 0.3 is 0 Å². The number of hydrogen-bond acceptors (Lipinski definition) is 6.